The summed E-state index contributed by atoms with van der Waals surface area (Å²) in [7, 11) is 0. The second-order valence-electron chi connectivity index (χ2n) is 4.30. The fourth-order valence-electron chi connectivity index (χ4n) is 1.81. The number of hydrogen-bond acceptors (Lipinski definition) is 2. The summed E-state index contributed by atoms with van der Waals surface area (Å²) in [5.41, 5.74) is 1.99. The zero-order chi connectivity index (χ0) is 12.4. The van der Waals surface area contributed by atoms with Gasteiger partial charge in [0.1, 0.15) is 6.10 Å². The summed E-state index contributed by atoms with van der Waals surface area (Å²) < 4.78 is 6.91. The molecule has 0 amide bonds. The minimum atomic E-state index is -0.302. The van der Waals surface area contributed by atoms with Crippen LogP contribution in [-0.4, -0.2) is 16.8 Å². The first-order valence-electron chi connectivity index (χ1n) is 5.91. The van der Waals surface area contributed by atoms with Gasteiger partial charge in [-0.15, -0.1) is 0 Å². The molecule has 1 aromatic carbocycles. The summed E-state index contributed by atoms with van der Waals surface area (Å²) in [6.07, 6.45) is 2.30. The maximum atomic E-state index is 12.0. The smallest absolute Gasteiger partial charge is 0.418 e. The predicted molar refractivity (Wildman–Crippen MR) is 68.3 cm³/mol. The Balaban J connectivity index is 2.39. The maximum absolute atomic E-state index is 12.0. The van der Waals surface area contributed by atoms with E-state index in [9.17, 15) is 4.79 Å². The maximum Gasteiger partial charge on any atom is 0.418 e. The van der Waals surface area contributed by atoms with Crippen LogP contribution in [0.1, 0.15) is 25.8 Å². The standard InChI is InChI=1S/C14H17NO2/c1-4-11(3)17-14(16)15-9-10(2)12-7-5-6-8-13(12)15/h5-9,11H,4H2,1-3H3. The molecule has 3 nitrogen and oxygen atoms in total. The molecule has 0 aliphatic rings. The third kappa shape index (κ3) is 2.18. The average Bonchev–Trinajstić information content (AvgIpc) is 2.67. The molecule has 1 aromatic heterocycles. The van der Waals surface area contributed by atoms with Crippen molar-refractivity contribution in [2.45, 2.75) is 33.3 Å². The normalized spacial score (nSPS) is 12.6. The monoisotopic (exact) mass is 231 g/mol. The highest BCUT2D eigenvalue weighted by molar-refractivity contribution is 5.91. The number of carbonyl (C=O) groups is 1. The van der Waals surface area contributed by atoms with E-state index in [4.69, 9.17) is 4.74 Å². The van der Waals surface area contributed by atoms with Crippen LogP contribution < -0.4 is 0 Å². The number of aromatic nitrogens is 1. The van der Waals surface area contributed by atoms with Gasteiger partial charge in [0.25, 0.3) is 0 Å². The lowest BCUT2D eigenvalue weighted by atomic mass is 10.2. The topological polar surface area (TPSA) is 31.2 Å². The van der Waals surface area contributed by atoms with Gasteiger partial charge in [-0.05, 0) is 31.9 Å². The van der Waals surface area contributed by atoms with Gasteiger partial charge in [-0.3, -0.25) is 4.57 Å². The van der Waals surface area contributed by atoms with Gasteiger partial charge in [0.05, 0.1) is 5.52 Å². The van der Waals surface area contributed by atoms with E-state index >= 15 is 0 Å². The number of nitrogens with zero attached hydrogens (tertiary/aromatic N) is 1. The van der Waals surface area contributed by atoms with Gasteiger partial charge >= 0.3 is 6.09 Å². The van der Waals surface area contributed by atoms with E-state index in [1.807, 2.05) is 51.2 Å². The number of rotatable bonds is 2. The second-order valence-corrected chi connectivity index (χ2v) is 4.30. The molecule has 3 heteroatoms. The highest BCUT2D eigenvalue weighted by Gasteiger charge is 2.14. The molecular formula is C14H17NO2. The van der Waals surface area contributed by atoms with Gasteiger partial charge in [-0.2, -0.15) is 0 Å². The van der Waals surface area contributed by atoms with Gasteiger partial charge < -0.3 is 4.74 Å². The van der Waals surface area contributed by atoms with Crippen molar-refractivity contribution in [1.29, 1.82) is 0 Å². The first kappa shape index (κ1) is 11.7. The van der Waals surface area contributed by atoms with Crippen molar-refractivity contribution in [2.24, 2.45) is 0 Å². The number of fused-ring (bicyclic) bond motifs is 1. The molecule has 90 valence electrons. The highest BCUT2D eigenvalue weighted by atomic mass is 16.6. The van der Waals surface area contributed by atoms with Crippen molar-refractivity contribution in [3.63, 3.8) is 0 Å². The summed E-state index contributed by atoms with van der Waals surface area (Å²) in [5.74, 6) is 0. The number of carbonyl (C=O) groups excluding carboxylic acids is 1. The lowest BCUT2D eigenvalue weighted by Gasteiger charge is -2.11. The first-order valence-corrected chi connectivity index (χ1v) is 5.91. The van der Waals surface area contributed by atoms with Gasteiger partial charge in [0, 0.05) is 11.6 Å². The molecule has 0 N–H and O–H groups in total. The molecule has 0 fully saturated rings. The van der Waals surface area contributed by atoms with Crippen LogP contribution in [0.2, 0.25) is 0 Å². The number of benzene rings is 1. The van der Waals surface area contributed by atoms with E-state index in [0.717, 1.165) is 22.9 Å². The average molecular weight is 231 g/mol. The molecule has 2 rings (SSSR count). The molecule has 17 heavy (non-hydrogen) atoms. The zero-order valence-corrected chi connectivity index (χ0v) is 10.4. The third-order valence-electron chi connectivity index (χ3n) is 2.98. The molecule has 0 aliphatic heterocycles. The molecule has 1 atom stereocenters. The quantitative estimate of drug-likeness (QED) is 0.788. The molecule has 2 aromatic rings. The van der Waals surface area contributed by atoms with Crippen LogP contribution in [0.3, 0.4) is 0 Å². The van der Waals surface area contributed by atoms with Crippen LogP contribution in [0, 0.1) is 6.92 Å². The molecular weight excluding hydrogens is 214 g/mol. The molecule has 0 spiro atoms. The van der Waals surface area contributed by atoms with Gasteiger partial charge in [-0.25, -0.2) is 4.79 Å². The van der Waals surface area contributed by atoms with Crippen molar-refractivity contribution in [1.82, 2.24) is 4.57 Å². The Bertz CT molecular complexity index is 542. The van der Waals surface area contributed by atoms with E-state index in [1.54, 1.807) is 4.57 Å². The van der Waals surface area contributed by atoms with E-state index in [0.29, 0.717) is 0 Å². The van der Waals surface area contributed by atoms with Gasteiger partial charge in [0.2, 0.25) is 0 Å². The van der Waals surface area contributed by atoms with E-state index in [-0.39, 0.29) is 12.2 Å². The molecule has 1 heterocycles. The predicted octanol–water partition coefficient (Wildman–Crippen LogP) is 3.73. The van der Waals surface area contributed by atoms with Crippen LogP contribution in [0.25, 0.3) is 10.9 Å². The number of hydrogen-bond donors (Lipinski definition) is 0. The van der Waals surface area contributed by atoms with Crippen LogP contribution in [0.4, 0.5) is 4.79 Å². The molecule has 0 saturated carbocycles. The molecule has 0 saturated heterocycles. The molecule has 0 bridgehead atoms. The highest BCUT2D eigenvalue weighted by Crippen LogP contribution is 2.20. The van der Waals surface area contributed by atoms with Crippen molar-refractivity contribution in [3.8, 4) is 0 Å². The number of para-hydroxylation sites is 1. The third-order valence-corrected chi connectivity index (χ3v) is 2.98. The fraction of sp³-hybridized carbons (Fsp3) is 0.357. The van der Waals surface area contributed by atoms with Crippen molar-refractivity contribution in [2.75, 3.05) is 0 Å². The Kier molecular flexibility index (Phi) is 3.18. The van der Waals surface area contributed by atoms with Gasteiger partial charge in [-0.1, -0.05) is 25.1 Å². The molecule has 1 unspecified atom stereocenters. The fourth-order valence-corrected chi connectivity index (χ4v) is 1.81. The minimum Gasteiger partial charge on any atom is -0.446 e. The Labute approximate surface area is 101 Å². The summed E-state index contributed by atoms with van der Waals surface area (Å²) in [5, 5.41) is 1.09. The van der Waals surface area contributed by atoms with Crippen molar-refractivity contribution in [3.05, 3.63) is 36.0 Å². The zero-order valence-electron chi connectivity index (χ0n) is 10.4. The first-order chi connectivity index (χ1) is 8.13. The summed E-state index contributed by atoms with van der Waals surface area (Å²) in [4.78, 5) is 12.0. The van der Waals surface area contributed by atoms with Crippen molar-refractivity contribution >= 4 is 17.0 Å². The lowest BCUT2D eigenvalue weighted by molar-refractivity contribution is 0.107. The lowest BCUT2D eigenvalue weighted by Crippen LogP contribution is -2.18. The van der Waals surface area contributed by atoms with Crippen LogP contribution in [0.15, 0.2) is 30.5 Å². The summed E-state index contributed by atoms with van der Waals surface area (Å²) >= 11 is 0. The minimum absolute atomic E-state index is 0.0519. The van der Waals surface area contributed by atoms with Crippen LogP contribution in [0.5, 0.6) is 0 Å². The van der Waals surface area contributed by atoms with E-state index < -0.39 is 0 Å². The Hall–Kier alpha value is -1.77. The Morgan fingerprint density at radius 1 is 1.41 bits per heavy atom. The van der Waals surface area contributed by atoms with Crippen LogP contribution >= 0.6 is 0 Å². The largest absolute Gasteiger partial charge is 0.446 e. The molecule has 0 radical (unpaired) electrons. The Morgan fingerprint density at radius 2 is 2.12 bits per heavy atom. The Morgan fingerprint density at radius 3 is 2.82 bits per heavy atom. The number of ether oxygens (including phenoxy) is 1. The van der Waals surface area contributed by atoms with E-state index in [2.05, 4.69) is 0 Å². The van der Waals surface area contributed by atoms with Crippen LogP contribution in [-0.2, 0) is 4.74 Å². The SMILES string of the molecule is CCC(C)OC(=O)n1cc(C)c2ccccc21. The molecule has 0 aliphatic carbocycles. The van der Waals surface area contributed by atoms with E-state index in [1.165, 1.54) is 0 Å². The number of aryl methyl sites for hydroxylation is 1. The van der Waals surface area contributed by atoms with Gasteiger partial charge in [0.15, 0.2) is 0 Å². The summed E-state index contributed by atoms with van der Waals surface area (Å²) in [6.45, 7) is 5.89. The second kappa shape index (κ2) is 4.62. The summed E-state index contributed by atoms with van der Waals surface area (Å²) in [6, 6.07) is 7.84. The van der Waals surface area contributed by atoms with Crippen molar-refractivity contribution < 1.29 is 9.53 Å².